The van der Waals surface area contributed by atoms with Gasteiger partial charge in [-0.15, -0.1) is 0 Å². The Bertz CT molecular complexity index is 297. The molecule has 0 bridgehead atoms. The predicted molar refractivity (Wildman–Crippen MR) is 69.1 cm³/mol. The average molecular weight is 258 g/mol. The lowest BCUT2D eigenvalue weighted by molar-refractivity contribution is -0.890. The molecule has 1 N–H and O–H groups in total. The topological polar surface area (TPSA) is 63.6 Å². The van der Waals surface area contributed by atoms with Crippen LogP contribution in [0.4, 0.5) is 0 Å². The molecular weight excluding hydrogens is 234 g/mol. The summed E-state index contributed by atoms with van der Waals surface area (Å²) < 4.78 is 5.74. The Balaban J connectivity index is 3.69. The molecular formula is C13H24NO4+. The average Bonchev–Trinajstić information content (AvgIpc) is 2.24. The van der Waals surface area contributed by atoms with Crippen molar-refractivity contribution in [2.45, 2.75) is 26.2 Å². The van der Waals surface area contributed by atoms with E-state index in [2.05, 4.69) is 14.1 Å². The lowest BCUT2D eigenvalue weighted by Crippen LogP contribution is -2.41. The van der Waals surface area contributed by atoms with Gasteiger partial charge in [0.15, 0.2) is 0 Å². The molecule has 0 heterocycles. The maximum Gasteiger partial charge on any atom is 0.330 e. The first-order valence-electron chi connectivity index (χ1n) is 6.20. The minimum absolute atomic E-state index is 0.206. The molecule has 0 rings (SSSR count). The van der Waals surface area contributed by atoms with Crippen molar-refractivity contribution in [3.8, 4) is 0 Å². The summed E-state index contributed by atoms with van der Waals surface area (Å²) in [6.45, 7) is 3.85. The number of hydrogen-bond acceptors (Lipinski definition) is 3. The number of hydrogen-bond donors (Lipinski definition) is 1. The van der Waals surface area contributed by atoms with Crippen molar-refractivity contribution in [2.75, 3.05) is 33.8 Å². The van der Waals surface area contributed by atoms with Crippen molar-refractivity contribution in [1.29, 1.82) is 0 Å². The van der Waals surface area contributed by atoms with E-state index in [1.54, 1.807) is 13.0 Å². The largest absolute Gasteiger partial charge is 0.481 e. The Hall–Kier alpha value is -1.36. The highest BCUT2D eigenvalue weighted by Gasteiger charge is 2.15. The van der Waals surface area contributed by atoms with Crippen LogP contribution in [0.25, 0.3) is 0 Å². The van der Waals surface area contributed by atoms with Crippen LogP contribution in [0.5, 0.6) is 0 Å². The molecule has 0 aromatic carbocycles. The van der Waals surface area contributed by atoms with E-state index in [-0.39, 0.29) is 12.4 Å². The summed E-state index contributed by atoms with van der Waals surface area (Å²) in [5.74, 6) is -1.07. The number of nitrogens with zero attached hydrogens (tertiary/aromatic N) is 1. The minimum atomic E-state index is -0.754. The predicted octanol–water partition coefficient (Wildman–Crippen LogP) is 1.44. The Morgan fingerprint density at radius 2 is 1.83 bits per heavy atom. The third-order valence-electron chi connectivity index (χ3n) is 2.61. The number of quaternary nitrogens is 1. The molecule has 0 aliphatic carbocycles. The van der Waals surface area contributed by atoms with E-state index < -0.39 is 5.97 Å². The van der Waals surface area contributed by atoms with Crippen LogP contribution in [0.1, 0.15) is 26.2 Å². The summed E-state index contributed by atoms with van der Waals surface area (Å²) in [5.41, 5.74) is 0. The molecule has 0 fully saturated rings. The maximum absolute atomic E-state index is 11.0. The summed E-state index contributed by atoms with van der Waals surface area (Å²) in [7, 11) is 4.10. The third-order valence-corrected chi connectivity index (χ3v) is 2.61. The molecule has 0 unspecified atom stereocenters. The molecule has 0 spiro atoms. The Morgan fingerprint density at radius 3 is 2.39 bits per heavy atom. The number of rotatable bonds is 9. The van der Waals surface area contributed by atoms with Crippen LogP contribution < -0.4 is 0 Å². The standard InChI is InChI=1S/C13H23NO4/c1-4-7-13(17)18-11-6-10-14(2,3)9-5-8-12(15)16/h4,7H,5-6,8-11H2,1-3H3/p+1. The van der Waals surface area contributed by atoms with Crippen LogP contribution in [0.15, 0.2) is 12.2 Å². The lowest BCUT2D eigenvalue weighted by atomic mass is 10.2. The molecule has 0 radical (unpaired) electrons. The highest BCUT2D eigenvalue weighted by molar-refractivity contribution is 5.81. The molecule has 0 aromatic heterocycles. The first-order chi connectivity index (χ1) is 8.37. The summed E-state index contributed by atoms with van der Waals surface area (Å²) in [5, 5.41) is 8.57. The van der Waals surface area contributed by atoms with Gasteiger partial charge in [0.05, 0.1) is 40.2 Å². The zero-order valence-electron chi connectivity index (χ0n) is 11.5. The van der Waals surface area contributed by atoms with Gasteiger partial charge in [0.2, 0.25) is 0 Å². The van der Waals surface area contributed by atoms with Crippen LogP contribution >= 0.6 is 0 Å². The normalized spacial score (nSPS) is 11.7. The summed E-state index contributed by atoms with van der Waals surface area (Å²) in [6, 6.07) is 0. The number of carboxylic acids is 1. The second-order valence-corrected chi connectivity index (χ2v) is 4.90. The monoisotopic (exact) mass is 258 g/mol. The second kappa shape index (κ2) is 8.69. The van der Waals surface area contributed by atoms with Crippen molar-refractivity contribution < 1.29 is 23.9 Å². The van der Waals surface area contributed by atoms with E-state index in [1.165, 1.54) is 6.08 Å². The second-order valence-electron chi connectivity index (χ2n) is 4.90. The van der Waals surface area contributed by atoms with Crippen molar-refractivity contribution in [1.82, 2.24) is 0 Å². The van der Waals surface area contributed by atoms with E-state index >= 15 is 0 Å². The first-order valence-corrected chi connectivity index (χ1v) is 6.20. The fraction of sp³-hybridized carbons (Fsp3) is 0.692. The number of carbonyl (C=O) groups is 2. The van der Waals surface area contributed by atoms with Gasteiger partial charge in [0, 0.05) is 18.9 Å². The highest BCUT2D eigenvalue weighted by Crippen LogP contribution is 2.04. The zero-order valence-corrected chi connectivity index (χ0v) is 11.5. The molecule has 104 valence electrons. The van der Waals surface area contributed by atoms with Gasteiger partial charge in [-0.25, -0.2) is 4.79 Å². The number of allylic oxidation sites excluding steroid dienone is 1. The number of esters is 1. The van der Waals surface area contributed by atoms with Gasteiger partial charge in [0.25, 0.3) is 0 Å². The van der Waals surface area contributed by atoms with Gasteiger partial charge < -0.3 is 14.3 Å². The van der Waals surface area contributed by atoms with Crippen molar-refractivity contribution >= 4 is 11.9 Å². The molecule has 0 aliphatic heterocycles. The molecule has 18 heavy (non-hydrogen) atoms. The van der Waals surface area contributed by atoms with Crippen LogP contribution in [-0.4, -0.2) is 55.3 Å². The van der Waals surface area contributed by atoms with Gasteiger partial charge >= 0.3 is 11.9 Å². The van der Waals surface area contributed by atoms with E-state index in [1.807, 2.05) is 0 Å². The molecule has 5 nitrogen and oxygen atoms in total. The Morgan fingerprint density at radius 1 is 1.22 bits per heavy atom. The molecule has 0 aliphatic rings. The van der Waals surface area contributed by atoms with Gasteiger partial charge in [-0.05, 0) is 6.92 Å². The molecule has 0 saturated heterocycles. The molecule has 0 saturated carbocycles. The smallest absolute Gasteiger partial charge is 0.330 e. The Kier molecular flexibility index (Phi) is 8.03. The van der Waals surface area contributed by atoms with E-state index in [0.29, 0.717) is 13.0 Å². The fourth-order valence-corrected chi connectivity index (χ4v) is 1.62. The maximum atomic E-state index is 11.0. The van der Waals surface area contributed by atoms with Crippen LogP contribution in [0, 0.1) is 0 Å². The summed E-state index contributed by atoms with van der Waals surface area (Å²) >= 11 is 0. The van der Waals surface area contributed by atoms with Gasteiger partial charge in [-0.2, -0.15) is 0 Å². The number of aliphatic carboxylic acids is 1. The van der Waals surface area contributed by atoms with Gasteiger partial charge in [0.1, 0.15) is 0 Å². The SMILES string of the molecule is CC=CC(=O)OCCC[N+](C)(C)CCCC(=O)O. The molecule has 5 heteroatoms. The van der Waals surface area contributed by atoms with E-state index in [9.17, 15) is 9.59 Å². The Labute approximate surface area is 109 Å². The fourth-order valence-electron chi connectivity index (χ4n) is 1.62. The van der Waals surface area contributed by atoms with Gasteiger partial charge in [-0.3, -0.25) is 4.79 Å². The van der Waals surface area contributed by atoms with Crippen molar-refractivity contribution in [3.63, 3.8) is 0 Å². The minimum Gasteiger partial charge on any atom is -0.481 e. The molecule has 0 amide bonds. The number of carboxylic acid groups (broad SMARTS) is 1. The number of carbonyl (C=O) groups excluding carboxylic acids is 1. The molecule has 0 atom stereocenters. The quantitative estimate of drug-likeness (QED) is 0.294. The summed E-state index contributed by atoms with van der Waals surface area (Å²) in [4.78, 5) is 21.4. The van der Waals surface area contributed by atoms with E-state index in [0.717, 1.165) is 24.0 Å². The molecule has 0 aromatic rings. The van der Waals surface area contributed by atoms with E-state index in [4.69, 9.17) is 9.84 Å². The van der Waals surface area contributed by atoms with Crippen molar-refractivity contribution in [3.05, 3.63) is 12.2 Å². The first kappa shape index (κ1) is 16.6. The number of ether oxygens (including phenoxy) is 1. The van der Waals surface area contributed by atoms with Crippen LogP contribution in [0.2, 0.25) is 0 Å². The zero-order chi connectivity index (χ0) is 14.0. The van der Waals surface area contributed by atoms with Crippen LogP contribution in [-0.2, 0) is 14.3 Å². The summed E-state index contributed by atoms with van der Waals surface area (Å²) in [6.07, 6.45) is 4.70. The van der Waals surface area contributed by atoms with Crippen LogP contribution in [0.3, 0.4) is 0 Å². The lowest BCUT2D eigenvalue weighted by Gasteiger charge is -2.29. The highest BCUT2D eigenvalue weighted by atomic mass is 16.5. The van der Waals surface area contributed by atoms with Gasteiger partial charge in [-0.1, -0.05) is 6.08 Å². The van der Waals surface area contributed by atoms with Crippen molar-refractivity contribution in [2.24, 2.45) is 0 Å². The third kappa shape index (κ3) is 9.84.